The Kier molecular flexibility index (Phi) is 3.53. The van der Waals surface area contributed by atoms with E-state index < -0.39 is 4.92 Å². The molecule has 5 nitrogen and oxygen atoms in total. The molecule has 0 spiro atoms. The van der Waals surface area contributed by atoms with E-state index in [1.807, 2.05) is 6.92 Å². The lowest BCUT2D eigenvalue weighted by molar-refractivity contribution is -0.385. The molecule has 76 valence electrons. The van der Waals surface area contributed by atoms with E-state index >= 15 is 0 Å². The molecule has 1 atom stereocenters. The van der Waals surface area contributed by atoms with Gasteiger partial charge < -0.3 is 5.73 Å². The molecule has 14 heavy (non-hydrogen) atoms. The Morgan fingerprint density at radius 2 is 2.36 bits per heavy atom. The van der Waals surface area contributed by atoms with E-state index in [9.17, 15) is 10.1 Å². The van der Waals surface area contributed by atoms with Crippen LogP contribution in [0.4, 0.5) is 5.69 Å². The van der Waals surface area contributed by atoms with Gasteiger partial charge in [0.05, 0.1) is 4.92 Å². The maximum Gasteiger partial charge on any atom is 0.287 e. The van der Waals surface area contributed by atoms with Crippen LogP contribution in [0.1, 0.15) is 19.0 Å². The van der Waals surface area contributed by atoms with Gasteiger partial charge in [-0.2, -0.15) is 0 Å². The van der Waals surface area contributed by atoms with Gasteiger partial charge in [-0.15, -0.1) is 0 Å². The van der Waals surface area contributed by atoms with Crippen molar-refractivity contribution in [2.75, 3.05) is 0 Å². The van der Waals surface area contributed by atoms with Crippen molar-refractivity contribution in [2.45, 2.75) is 25.8 Å². The highest BCUT2D eigenvalue weighted by Crippen LogP contribution is 2.10. The van der Waals surface area contributed by atoms with Gasteiger partial charge in [-0.25, -0.2) is 0 Å². The standard InChI is InChI=1S/C9H13N3O2/c1-7(10)2-3-8-4-5-9(6-11-8)12(13)14/h4-7H,2-3,10H2,1H3/t7-/m1/s1. The van der Waals surface area contributed by atoms with Crippen LogP contribution in [0.2, 0.25) is 0 Å². The molecule has 0 aliphatic carbocycles. The molecule has 0 aromatic carbocycles. The Morgan fingerprint density at radius 3 is 2.79 bits per heavy atom. The van der Waals surface area contributed by atoms with Crippen LogP contribution in [-0.4, -0.2) is 15.9 Å². The van der Waals surface area contributed by atoms with Gasteiger partial charge in [0.2, 0.25) is 0 Å². The Balaban J connectivity index is 2.60. The molecular formula is C9H13N3O2. The molecule has 0 amide bonds. The van der Waals surface area contributed by atoms with Crippen LogP contribution in [0.5, 0.6) is 0 Å². The Bertz CT molecular complexity index is 308. The summed E-state index contributed by atoms with van der Waals surface area (Å²) in [5.74, 6) is 0. The van der Waals surface area contributed by atoms with Crippen LogP contribution in [0.15, 0.2) is 18.3 Å². The fourth-order valence-corrected chi connectivity index (χ4v) is 1.05. The van der Waals surface area contributed by atoms with Crippen molar-refractivity contribution in [2.24, 2.45) is 5.73 Å². The third-order valence-corrected chi connectivity index (χ3v) is 1.88. The first-order valence-electron chi connectivity index (χ1n) is 4.44. The second-order valence-electron chi connectivity index (χ2n) is 3.28. The number of aromatic nitrogens is 1. The monoisotopic (exact) mass is 195 g/mol. The summed E-state index contributed by atoms with van der Waals surface area (Å²) in [4.78, 5) is 13.8. The fourth-order valence-electron chi connectivity index (χ4n) is 1.05. The van der Waals surface area contributed by atoms with Gasteiger partial charge in [0, 0.05) is 17.8 Å². The summed E-state index contributed by atoms with van der Waals surface area (Å²) in [7, 11) is 0. The van der Waals surface area contributed by atoms with E-state index in [0.29, 0.717) is 0 Å². The number of nitrogens with zero attached hydrogens (tertiary/aromatic N) is 2. The highest BCUT2D eigenvalue weighted by Gasteiger charge is 2.05. The molecule has 0 saturated carbocycles. The van der Waals surface area contributed by atoms with E-state index in [0.717, 1.165) is 18.5 Å². The predicted octanol–water partition coefficient (Wildman–Crippen LogP) is 1.27. The molecule has 1 rings (SSSR count). The highest BCUT2D eigenvalue weighted by molar-refractivity contribution is 5.26. The van der Waals surface area contributed by atoms with Crippen LogP contribution in [0.25, 0.3) is 0 Å². The van der Waals surface area contributed by atoms with Gasteiger partial charge in [0.15, 0.2) is 0 Å². The third kappa shape index (κ3) is 3.10. The number of rotatable bonds is 4. The lowest BCUT2D eigenvalue weighted by Gasteiger charge is -2.03. The van der Waals surface area contributed by atoms with Crippen LogP contribution < -0.4 is 5.73 Å². The van der Waals surface area contributed by atoms with Crippen molar-refractivity contribution in [3.63, 3.8) is 0 Å². The van der Waals surface area contributed by atoms with Crippen LogP contribution in [0.3, 0.4) is 0 Å². The molecule has 0 aliphatic rings. The molecule has 1 aromatic rings. The van der Waals surface area contributed by atoms with Crippen molar-refractivity contribution in [3.05, 3.63) is 34.1 Å². The summed E-state index contributed by atoms with van der Waals surface area (Å²) in [5.41, 5.74) is 6.45. The second kappa shape index (κ2) is 4.66. The molecule has 2 N–H and O–H groups in total. The summed E-state index contributed by atoms with van der Waals surface area (Å²) in [6, 6.07) is 3.26. The quantitative estimate of drug-likeness (QED) is 0.579. The number of hydrogen-bond donors (Lipinski definition) is 1. The van der Waals surface area contributed by atoms with Gasteiger partial charge in [-0.05, 0) is 25.8 Å². The molecule has 0 fully saturated rings. The number of hydrogen-bond acceptors (Lipinski definition) is 4. The summed E-state index contributed by atoms with van der Waals surface area (Å²) in [5, 5.41) is 10.3. The van der Waals surface area contributed by atoms with E-state index in [2.05, 4.69) is 4.98 Å². The van der Waals surface area contributed by atoms with Crippen molar-refractivity contribution in [1.82, 2.24) is 4.98 Å². The molecule has 0 unspecified atom stereocenters. The largest absolute Gasteiger partial charge is 0.328 e. The minimum atomic E-state index is -0.456. The Hall–Kier alpha value is -1.49. The summed E-state index contributed by atoms with van der Waals surface area (Å²) < 4.78 is 0. The maximum atomic E-state index is 10.3. The fraction of sp³-hybridized carbons (Fsp3) is 0.444. The predicted molar refractivity (Wildman–Crippen MR) is 52.9 cm³/mol. The van der Waals surface area contributed by atoms with Gasteiger partial charge in [-0.3, -0.25) is 15.1 Å². The average Bonchev–Trinajstić information content (AvgIpc) is 2.15. The maximum absolute atomic E-state index is 10.3. The van der Waals surface area contributed by atoms with E-state index in [1.54, 1.807) is 6.07 Å². The van der Waals surface area contributed by atoms with Crippen molar-refractivity contribution < 1.29 is 4.92 Å². The SMILES string of the molecule is C[C@@H](N)CCc1ccc([N+](=O)[O-])cn1. The van der Waals surface area contributed by atoms with Crippen LogP contribution in [-0.2, 0) is 6.42 Å². The third-order valence-electron chi connectivity index (χ3n) is 1.88. The van der Waals surface area contributed by atoms with Crippen molar-refractivity contribution >= 4 is 5.69 Å². The minimum absolute atomic E-state index is 0.0227. The zero-order chi connectivity index (χ0) is 10.6. The van der Waals surface area contributed by atoms with Crippen LogP contribution >= 0.6 is 0 Å². The molecular weight excluding hydrogens is 182 g/mol. The molecule has 0 aliphatic heterocycles. The van der Waals surface area contributed by atoms with Gasteiger partial charge in [0.25, 0.3) is 5.69 Å². The molecule has 5 heteroatoms. The number of nitrogens with two attached hydrogens (primary N) is 1. The zero-order valence-corrected chi connectivity index (χ0v) is 8.01. The van der Waals surface area contributed by atoms with E-state index in [4.69, 9.17) is 5.73 Å². The molecule has 0 radical (unpaired) electrons. The first kappa shape index (κ1) is 10.6. The molecule has 1 aromatic heterocycles. The summed E-state index contributed by atoms with van der Waals surface area (Å²) >= 11 is 0. The first-order chi connectivity index (χ1) is 6.59. The zero-order valence-electron chi connectivity index (χ0n) is 8.01. The number of aryl methyl sites for hydroxylation is 1. The number of nitro groups is 1. The van der Waals surface area contributed by atoms with Crippen molar-refractivity contribution in [3.8, 4) is 0 Å². The lowest BCUT2D eigenvalue weighted by atomic mass is 10.1. The number of pyridine rings is 1. The first-order valence-corrected chi connectivity index (χ1v) is 4.44. The van der Waals surface area contributed by atoms with E-state index in [1.165, 1.54) is 12.3 Å². The Labute approximate surface area is 82.1 Å². The summed E-state index contributed by atoms with van der Waals surface area (Å²) in [6.45, 7) is 1.92. The molecule has 1 heterocycles. The lowest BCUT2D eigenvalue weighted by Crippen LogP contribution is -2.15. The topological polar surface area (TPSA) is 82.0 Å². The molecule has 0 saturated heterocycles. The second-order valence-corrected chi connectivity index (χ2v) is 3.28. The molecule has 0 bridgehead atoms. The highest BCUT2D eigenvalue weighted by atomic mass is 16.6. The van der Waals surface area contributed by atoms with Gasteiger partial charge >= 0.3 is 0 Å². The smallest absolute Gasteiger partial charge is 0.287 e. The summed E-state index contributed by atoms with van der Waals surface area (Å²) in [6.07, 6.45) is 2.87. The van der Waals surface area contributed by atoms with Gasteiger partial charge in [-0.1, -0.05) is 0 Å². The van der Waals surface area contributed by atoms with E-state index in [-0.39, 0.29) is 11.7 Å². The van der Waals surface area contributed by atoms with Gasteiger partial charge in [0.1, 0.15) is 6.20 Å². The minimum Gasteiger partial charge on any atom is -0.328 e. The van der Waals surface area contributed by atoms with Crippen LogP contribution in [0, 0.1) is 10.1 Å². The van der Waals surface area contributed by atoms with Crippen molar-refractivity contribution in [1.29, 1.82) is 0 Å². The normalized spacial score (nSPS) is 12.4. The Morgan fingerprint density at radius 1 is 1.64 bits per heavy atom. The average molecular weight is 195 g/mol.